The van der Waals surface area contributed by atoms with Gasteiger partial charge >= 0.3 is 0 Å². The molecule has 0 saturated carbocycles. The number of pyridine rings is 1. The van der Waals surface area contributed by atoms with Crippen LogP contribution in [0.25, 0.3) is 0 Å². The smallest absolute Gasteiger partial charge is 0.141 e. The van der Waals surface area contributed by atoms with E-state index >= 15 is 0 Å². The summed E-state index contributed by atoms with van der Waals surface area (Å²) >= 11 is 0. The monoisotopic (exact) mass is 298 g/mol. The number of ether oxygens (including phenoxy) is 2. The molecule has 1 N–H and O–H groups in total. The quantitative estimate of drug-likeness (QED) is 0.856. The molecule has 2 rings (SSSR count). The number of nitrogens with zero attached hydrogens (tertiary/aromatic N) is 2. The van der Waals surface area contributed by atoms with Gasteiger partial charge in [0.15, 0.2) is 0 Å². The van der Waals surface area contributed by atoms with Gasteiger partial charge in [0.25, 0.3) is 0 Å². The molecule has 0 aromatic carbocycles. The molecule has 5 nitrogen and oxygen atoms in total. The number of hydrogen-bond acceptors (Lipinski definition) is 5. The summed E-state index contributed by atoms with van der Waals surface area (Å²) in [7, 11) is 3.36. The zero-order valence-corrected chi connectivity index (χ0v) is 12.7. The average Bonchev–Trinajstić information content (AvgIpc) is 2.89. The number of aliphatic hydroxyl groups is 1. The van der Waals surface area contributed by atoms with Crippen molar-refractivity contribution in [2.75, 3.05) is 33.9 Å². The lowest BCUT2D eigenvalue weighted by molar-refractivity contribution is -0.00461. The van der Waals surface area contributed by atoms with E-state index in [9.17, 15) is 9.50 Å². The molecule has 1 aromatic rings. The second-order valence-corrected chi connectivity index (χ2v) is 5.59. The van der Waals surface area contributed by atoms with Crippen LogP contribution in [-0.4, -0.2) is 61.1 Å². The SMILES string of the molecule is COC1CN(CC(C)C(O)c2ccc(F)cn2)CC1OC. The summed E-state index contributed by atoms with van der Waals surface area (Å²) < 4.78 is 23.7. The Morgan fingerprint density at radius 1 is 1.33 bits per heavy atom. The Balaban J connectivity index is 1.92. The van der Waals surface area contributed by atoms with Gasteiger partial charge in [-0.2, -0.15) is 0 Å². The van der Waals surface area contributed by atoms with Crippen molar-refractivity contribution in [1.82, 2.24) is 9.88 Å². The molecule has 2 heterocycles. The van der Waals surface area contributed by atoms with Gasteiger partial charge < -0.3 is 14.6 Å². The summed E-state index contributed by atoms with van der Waals surface area (Å²) in [6.45, 7) is 4.23. The number of aromatic nitrogens is 1. The lowest BCUT2D eigenvalue weighted by Gasteiger charge is -2.24. The van der Waals surface area contributed by atoms with Crippen LogP contribution in [0, 0.1) is 11.7 Å². The Morgan fingerprint density at radius 2 is 1.95 bits per heavy atom. The van der Waals surface area contributed by atoms with E-state index in [0.29, 0.717) is 12.2 Å². The normalized spacial score (nSPS) is 26.0. The van der Waals surface area contributed by atoms with Crippen molar-refractivity contribution in [2.45, 2.75) is 25.2 Å². The van der Waals surface area contributed by atoms with Crippen LogP contribution in [-0.2, 0) is 9.47 Å². The maximum absolute atomic E-state index is 12.9. The standard InChI is InChI=1S/C15H23FN2O3/c1-10(15(19)12-5-4-11(16)6-17-12)7-18-8-13(20-2)14(9-18)21-3/h4-6,10,13-15,19H,7-9H2,1-3H3. The average molecular weight is 298 g/mol. The fourth-order valence-corrected chi connectivity index (χ4v) is 2.78. The number of aliphatic hydroxyl groups excluding tert-OH is 1. The van der Waals surface area contributed by atoms with Gasteiger partial charge in [-0.25, -0.2) is 4.39 Å². The fourth-order valence-electron chi connectivity index (χ4n) is 2.78. The van der Waals surface area contributed by atoms with Crippen molar-refractivity contribution in [2.24, 2.45) is 5.92 Å². The van der Waals surface area contributed by atoms with Gasteiger partial charge in [-0.05, 0) is 12.1 Å². The van der Waals surface area contributed by atoms with Crippen LogP contribution in [0.1, 0.15) is 18.7 Å². The maximum Gasteiger partial charge on any atom is 0.141 e. The van der Waals surface area contributed by atoms with Crippen LogP contribution < -0.4 is 0 Å². The first kappa shape index (κ1) is 16.3. The van der Waals surface area contributed by atoms with Crippen LogP contribution in [0.5, 0.6) is 0 Å². The van der Waals surface area contributed by atoms with E-state index in [0.717, 1.165) is 19.3 Å². The highest BCUT2D eigenvalue weighted by Gasteiger charge is 2.34. The summed E-state index contributed by atoms with van der Waals surface area (Å²) in [6.07, 6.45) is 0.531. The van der Waals surface area contributed by atoms with E-state index < -0.39 is 11.9 Å². The third-order valence-corrected chi connectivity index (χ3v) is 4.03. The predicted molar refractivity (Wildman–Crippen MR) is 76.4 cm³/mol. The third-order valence-electron chi connectivity index (χ3n) is 4.03. The van der Waals surface area contributed by atoms with Crippen LogP contribution in [0.4, 0.5) is 4.39 Å². The number of likely N-dealkylation sites (tertiary alicyclic amines) is 1. The van der Waals surface area contributed by atoms with Gasteiger partial charge in [0.05, 0.1) is 30.2 Å². The molecule has 0 aliphatic carbocycles. The minimum Gasteiger partial charge on any atom is -0.386 e. The Kier molecular flexibility index (Phi) is 5.64. The zero-order chi connectivity index (χ0) is 15.4. The van der Waals surface area contributed by atoms with Crippen LogP contribution in [0.3, 0.4) is 0 Å². The number of methoxy groups -OCH3 is 2. The molecule has 0 bridgehead atoms. The lowest BCUT2D eigenvalue weighted by Crippen LogP contribution is -2.30. The zero-order valence-electron chi connectivity index (χ0n) is 12.7. The number of hydrogen-bond donors (Lipinski definition) is 1. The van der Waals surface area contributed by atoms with Gasteiger partial charge in [-0.1, -0.05) is 6.92 Å². The van der Waals surface area contributed by atoms with E-state index in [1.165, 1.54) is 12.1 Å². The second kappa shape index (κ2) is 7.26. The molecule has 4 atom stereocenters. The highest BCUT2D eigenvalue weighted by atomic mass is 19.1. The second-order valence-electron chi connectivity index (χ2n) is 5.59. The van der Waals surface area contributed by atoms with Crippen LogP contribution in [0.15, 0.2) is 18.3 Å². The summed E-state index contributed by atoms with van der Waals surface area (Å²) in [5.74, 6) is -0.417. The van der Waals surface area contributed by atoms with Crippen LogP contribution >= 0.6 is 0 Å². The molecule has 1 fully saturated rings. The van der Waals surface area contributed by atoms with E-state index in [-0.39, 0.29) is 18.1 Å². The van der Waals surface area contributed by atoms with Crippen molar-refractivity contribution >= 4 is 0 Å². The summed E-state index contributed by atoms with van der Waals surface area (Å²) in [5.41, 5.74) is 0.495. The molecule has 0 spiro atoms. The summed E-state index contributed by atoms with van der Waals surface area (Å²) in [6, 6.07) is 2.84. The van der Waals surface area contributed by atoms with Crippen LogP contribution in [0.2, 0.25) is 0 Å². The largest absolute Gasteiger partial charge is 0.386 e. The van der Waals surface area contributed by atoms with E-state index in [2.05, 4.69) is 9.88 Å². The lowest BCUT2D eigenvalue weighted by atomic mass is 10.0. The van der Waals surface area contributed by atoms with Crippen molar-refractivity contribution < 1.29 is 19.0 Å². The minimum atomic E-state index is -0.715. The highest BCUT2D eigenvalue weighted by Crippen LogP contribution is 2.24. The molecular weight excluding hydrogens is 275 g/mol. The molecule has 4 unspecified atom stereocenters. The Bertz CT molecular complexity index is 431. The molecule has 0 amide bonds. The number of rotatable bonds is 6. The van der Waals surface area contributed by atoms with Crippen molar-refractivity contribution in [3.05, 3.63) is 29.8 Å². The van der Waals surface area contributed by atoms with Gasteiger partial charge in [0.2, 0.25) is 0 Å². The van der Waals surface area contributed by atoms with Gasteiger partial charge in [0.1, 0.15) is 5.82 Å². The molecule has 6 heteroatoms. The molecule has 118 valence electrons. The highest BCUT2D eigenvalue weighted by molar-refractivity contribution is 5.09. The minimum absolute atomic E-state index is 0.0175. The van der Waals surface area contributed by atoms with Gasteiger partial charge in [0, 0.05) is 39.8 Å². The van der Waals surface area contributed by atoms with E-state index in [4.69, 9.17) is 9.47 Å². The first-order chi connectivity index (χ1) is 10.0. The van der Waals surface area contributed by atoms with Gasteiger partial charge in [-0.3, -0.25) is 9.88 Å². The molecule has 1 aliphatic heterocycles. The first-order valence-corrected chi connectivity index (χ1v) is 7.12. The Morgan fingerprint density at radius 3 is 2.43 bits per heavy atom. The maximum atomic E-state index is 12.9. The van der Waals surface area contributed by atoms with Crippen molar-refractivity contribution in [1.29, 1.82) is 0 Å². The third kappa shape index (κ3) is 3.97. The first-order valence-electron chi connectivity index (χ1n) is 7.12. The Hall–Kier alpha value is -1.08. The van der Waals surface area contributed by atoms with Crippen molar-refractivity contribution in [3.8, 4) is 0 Å². The topological polar surface area (TPSA) is 54.8 Å². The Labute approximate surface area is 124 Å². The summed E-state index contributed by atoms with van der Waals surface area (Å²) in [5, 5.41) is 10.3. The number of halogens is 1. The fraction of sp³-hybridized carbons (Fsp3) is 0.667. The molecule has 21 heavy (non-hydrogen) atoms. The predicted octanol–water partition coefficient (Wildman–Crippen LogP) is 1.24. The van der Waals surface area contributed by atoms with E-state index in [1.807, 2.05) is 6.92 Å². The molecule has 0 radical (unpaired) electrons. The summed E-state index contributed by atoms with van der Waals surface area (Å²) in [4.78, 5) is 6.15. The molecular formula is C15H23FN2O3. The molecule has 1 saturated heterocycles. The molecule has 1 aromatic heterocycles. The van der Waals surface area contributed by atoms with Gasteiger partial charge in [-0.15, -0.1) is 0 Å². The van der Waals surface area contributed by atoms with E-state index in [1.54, 1.807) is 14.2 Å². The van der Waals surface area contributed by atoms with Crippen molar-refractivity contribution in [3.63, 3.8) is 0 Å². The molecule has 1 aliphatic rings.